The fourth-order valence-electron chi connectivity index (χ4n) is 3.23. The second-order valence-corrected chi connectivity index (χ2v) is 7.13. The molecule has 4 nitrogen and oxygen atoms in total. The number of hydrogen-bond donors (Lipinski definition) is 2. The van der Waals surface area contributed by atoms with Crippen LogP contribution in [0.5, 0.6) is 0 Å². The summed E-state index contributed by atoms with van der Waals surface area (Å²) in [5, 5.41) is 7.56. The van der Waals surface area contributed by atoms with Crippen molar-refractivity contribution in [2.45, 2.75) is 37.6 Å². The molecule has 2 amide bonds. The first-order valence-corrected chi connectivity index (χ1v) is 9.26. The summed E-state index contributed by atoms with van der Waals surface area (Å²) in [5.74, 6) is 0.300. The number of carbonyl (C=O) groups excluding carboxylic acids is 2. The number of benzene rings is 1. The lowest BCUT2D eigenvalue weighted by atomic mass is 9.82. The van der Waals surface area contributed by atoms with Gasteiger partial charge in [0.15, 0.2) is 0 Å². The highest BCUT2D eigenvalue weighted by Crippen LogP contribution is 2.32. The van der Waals surface area contributed by atoms with Crippen LogP contribution in [0.2, 0.25) is 0 Å². The molecule has 0 spiro atoms. The van der Waals surface area contributed by atoms with Crippen LogP contribution in [0.4, 0.5) is 0 Å². The number of hydrogen-bond acceptors (Lipinski definition) is 3. The van der Waals surface area contributed by atoms with Crippen molar-refractivity contribution in [1.82, 2.24) is 10.6 Å². The molecule has 1 aliphatic rings. The molecule has 1 aromatic heterocycles. The van der Waals surface area contributed by atoms with Crippen molar-refractivity contribution in [2.75, 3.05) is 6.54 Å². The van der Waals surface area contributed by atoms with Gasteiger partial charge >= 0.3 is 0 Å². The summed E-state index contributed by atoms with van der Waals surface area (Å²) < 4.78 is 0. The van der Waals surface area contributed by atoms with Crippen LogP contribution in [0, 0.1) is 0 Å². The van der Waals surface area contributed by atoms with Gasteiger partial charge < -0.3 is 10.6 Å². The average molecular weight is 342 g/mol. The maximum Gasteiger partial charge on any atom is 0.261 e. The van der Waals surface area contributed by atoms with Gasteiger partial charge in [0, 0.05) is 6.04 Å². The lowest BCUT2D eigenvalue weighted by Gasteiger charge is -2.29. The summed E-state index contributed by atoms with van der Waals surface area (Å²) in [6, 6.07) is 14.4. The Labute approximate surface area is 146 Å². The van der Waals surface area contributed by atoms with E-state index in [2.05, 4.69) is 34.9 Å². The topological polar surface area (TPSA) is 58.2 Å². The van der Waals surface area contributed by atoms with E-state index in [0.29, 0.717) is 10.8 Å². The van der Waals surface area contributed by atoms with Crippen molar-refractivity contribution in [3.05, 3.63) is 58.3 Å². The molecule has 1 heterocycles. The minimum Gasteiger partial charge on any atom is -0.352 e. The number of thiophene rings is 1. The third kappa shape index (κ3) is 4.45. The van der Waals surface area contributed by atoms with E-state index >= 15 is 0 Å². The summed E-state index contributed by atoms with van der Waals surface area (Å²) in [5.41, 5.74) is 1.39. The molecule has 0 atom stereocenters. The van der Waals surface area contributed by atoms with Crippen LogP contribution in [0.1, 0.15) is 46.8 Å². The number of rotatable bonds is 5. The third-order valence-corrected chi connectivity index (χ3v) is 5.39. The van der Waals surface area contributed by atoms with Crippen molar-refractivity contribution < 1.29 is 9.59 Å². The van der Waals surface area contributed by atoms with Gasteiger partial charge in [-0.3, -0.25) is 9.59 Å². The quantitative estimate of drug-likeness (QED) is 0.876. The SMILES string of the molecule is O=C(CNC(=O)c1cccs1)NC1CCC(c2ccccc2)CC1. The Kier molecular flexibility index (Phi) is 5.64. The largest absolute Gasteiger partial charge is 0.352 e. The zero-order chi connectivity index (χ0) is 16.8. The van der Waals surface area contributed by atoms with Crippen molar-refractivity contribution in [3.63, 3.8) is 0 Å². The lowest BCUT2D eigenvalue weighted by molar-refractivity contribution is -0.121. The molecule has 1 fully saturated rings. The van der Waals surface area contributed by atoms with Crippen LogP contribution < -0.4 is 10.6 Å². The zero-order valence-corrected chi connectivity index (χ0v) is 14.4. The van der Waals surface area contributed by atoms with Crippen molar-refractivity contribution in [1.29, 1.82) is 0 Å². The molecule has 5 heteroatoms. The van der Waals surface area contributed by atoms with Crippen LogP contribution in [-0.4, -0.2) is 24.4 Å². The van der Waals surface area contributed by atoms with Gasteiger partial charge in [0.1, 0.15) is 0 Å². The molecule has 2 N–H and O–H groups in total. The minimum atomic E-state index is -0.187. The highest BCUT2D eigenvalue weighted by Gasteiger charge is 2.23. The van der Waals surface area contributed by atoms with Gasteiger partial charge in [0.05, 0.1) is 11.4 Å². The molecule has 2 aromatic rings. The highest BCUT2D eigenvalue weighted by molar-refractivity contribution is 7.12. The van der Waals surface area contributed by atoms with E-state index in [1.54, 1.807) is 6.07 Å². The molecule has 1 aromatic carbocycles. The first-order valence-electron chi connectivity index (χ1n) is 8.38. The van der Waals surface area contributed by atoms with E-state index in [1.165, 1.54) is 16.9 Å². The molecule has 0 saturated heterocycles. The summed E-state index contributed by atoms with van der Waals surface area (Å²) in [6.45, 7) is 0.0371. The van der Waals surface area contributed by atoms with Crippen LogP contribution in [0.25, 0.3) is 0 Å². The Bertz CT molecular complexity index is 662. The monoisotopic (exact) mass is 342 g/mol. The normalized spacial score (nSPS) is 20.3. The summed E-state index contributed by atoms with van der Waals surface area (Å²) >= 11 is 1.37. The molecule has 0 unspecified atom stereocenters. The molecule has 0 bridgehead atoms. The Morgan fingerprint density at radius 3 is 2.42 bits per heavy atom. The Morgan fingerprint density at radius 1 is 1.00 bits per heavy atom. The highest BCUT2D eigenvalue weighted by atomic mass is 32.1. The smallest absolute Gasteiger partial charge is 0.261 e. The molecule has 1 saturated carbocycles. The second-order valence-electron chi connectivity index (χ2n) is 6.19. The predicted molar refractivity (Wildman–Crippen MR) is 96.2 cm³/mol. The van der Waals surface area contributed by atoms with Crippen molar-refractivity contribution >= 4 is 23.2 Å². The second kappa shape index (κ2) is 8.11. The average Bonchev–Trinajstić information content (AvgIpc) is 3.16. The van der Waals surface area contributed by atoms with Gasteiger partial charge in [0.25, 0.3) is 5.91 Å². The van der Waals surface area contributed by atoms with Gasteiger partial charge in [-0.1, -0.05) is 36.4 Å². The van der Waals surface area contributed by atoms with Gasteiger partial charge in [-0.25, -0.2) is 0 Å². The van der Waals surface area contributed by atoms with Gasteiger partial charge in [0.2, 0.25) is 5.91 Å². The Hall–Kier alpha value is -2.14. The van der Waals surface area contributed by atoms with E-state index < -0.39 is 0 Å². The Balaban J connectivity index is 1.39. The molecule has 1 aliphatic carbocycles. The van der Waals surface area contributed by atoms with Crippen molar-refractivity contribution in [3.8, 4) is 0 Å². The number of carbonyl (C=O) groups is 2. The van der Waals surface area contributed by atoms with E-state index in [0.717, 1.165) is 25.7 Å². The molecule has 3 rings (SSSR count). The first-order chi connectivity index (χ1) is 11.7. The third-order valence-electron chi connectivity index (χ3n) is 4.52. The van der Waals surface area contributed by atoms with E-state index in [-0.39, 0.29) is 24.4 Å². The molecule has 126 valence electrons. The van der Waals surface area contributed by atoms with Gasteiger partial charge in [-0.2, -0.15) is 0 Å². The molecule has 0 aliphatic heterocycles. The summed E-state index contributed by atoms with van der Waals surface area (Å²) in [7, 11) is 0. The summed E-state index contributed by atoms with van der Waals surface area (Å²) in [4.78, 5) is 24.5. The Morgan fingerprint density at radius 2 is 1.75 bits per heavy atom. The maximum atomic E-state index is 12.0. The molecule has 24 heavy (non-hydrogen) atoms. The summed E-state index contributed by atoms with van der Waals surface area (Å²) in [6.07, 6.45) is 4.17. The molecular weight excluding hydrogens is 320 g/mol. The van der Waals surface area contributed by atoms with Gasteiger partial charge in [-0.15, -0.1) is 11.3 Å². The molecule has 0 radical (unpaired) electrons. The number of amides is 2. The fourth-order valence-corrected chi connectivity index (χ4v) is 3.87. The van der Waals surface area contributed by atoms with Crippen LogP contribution >= 0.6 is 11.3 Å². The predicted octanol–water partition coefficient (Wildman–Crippen LogP) is 3.32. The maximum absolute atomic E-state index is 12.0. The fraction of sp³-hybridized carbons (Fsp3) is 0.368. The van der Waals surface area contributed by atoms with Gasteiger partial charge in [-0.05, 0) is 48.6 Å². The zero-order valence-electron chi connectivity index (χ0n) is 13.5. The number of nitrogens with one attached hydrogen (secondary N) is 2. The van der Waals surface area contributed by atoms with E-state index in [4.69, 9.17) is 0 Å². The van der Waals surface area contributed by atoms with Crippen LogP contribution in [-0.2, 0) is 4.79 Å². The standard InChI is InChI=1S/C19H22N2O2S/c22-18(13-20-19(23)17-7-4-12-24-17)21-16-10-8-15(9-11-16)14-5-2-1-3-6-14/h1-7,12,15-16H,8-11,13H2,(H,20,23)(H,21,22). The van der Waals surface area contributed by atoms with E-state index in [1.807, 2.05) is 17.5 Å². The lowest BCUT2D eigenvalue weighted by Crippen LogP contribution is -2.43. The van der Waals surface area contributed by atoms with E-state index in [9.17, 15) is 9.59 Å². The van der Waals surface area contributed by atoms with Crippen molar-refractivity contribution in [2.24, 2.45) is 0 Å². The molecular formula is C19H22N2O2S. The van der Waals surface area contributed by atoms with Crippen LogP contribution in [0.15, 0.2) is 47.8 Å². The first kappa shape index (κ1) is 16.7. The van der Waals surface area contributed by atoms with Crippen LogP contribution in [0.3, 0.4) is 0 Å². The minimum absolute atomic E-state index is 0.0371.